The molecule has 0 unspecified atom stereocenters. The molecule has 0 atom stereocenters. The second-order valence-corrected chi connectivity index (χ2v) is 9.11. The molecule has 1 heterocycles. The van der Waals surface area contributed by atoms with E-state index in [2.05, 4.69) is 21.3 Å². The molecule has 30 heavy (non-hydrogen) atoms. The van der Waals surface area contributed by atoms with Crippen molar-refractivity contribution in [2.45, 2.75) is 50.8 Å². The standard InChI is InChI=1S/C22H27N3O4S/c1-16-22(24-17(2)26)21(29-25-16)13-10-19-8-11-20(12-9-19)30(27,28)23-15-14-18-6-4-3-5-7-18/h6,8-13,23H,3-5,7,14-15H2,1-2H3,(H,24,26). The van der Waals surface area contributed by atoms with E-state index in [-0.39, 0.29) is 10.8 Å². The molecule has 3 rings (SSSR count). The van der Waals surface area contributed by atoms with E-state index in [1.54, 1.807) is 43.3 Å². The number of aryl methyl sites for hydroxylation is 1. The highest BCUT2D eigenvalue weighted by Gasteiger charge is 2.14. The number of carbonyl (C=O) groups is 1. The average Bonchev–Trinajstić information content (AvgIpc) is 3.06. The van der Waals surface area contributed by atoms with E-state index in [0.717, 1.165) is 24.8 Å². The highest BCUT2D eigenvalue weighted by Crippen LogP contribution is 2.23. The topological polar surface area (TPSA) is 101 Å². The summed E-state index contributed by atoms with van der Waals surface area (Å²) in [7, 11) is -3.54. The number of aromatic nitrogens is 1. The van der Waals surface area contributed by atoms with Crippen LogP contribution in [0.15, 0.2) is 45.3 Å². The fraction of sp³-hybridized carbons (Fsp3) is 0.364. The van der Waals surface area contributed by atoms with Gasteiger partial charge in [0.15, 0.2) is 5.76 Å². The molecule has 0 bridgehead atoms. The van der Waals surface area contributed by atoms with Gasteiger partial charge < -0.3 is 9.84 Å². The molecule has 0 saturated carbocycles. The van der Waals surface area contributed by atoms with E-state index in [4.69, 9.17) is 4.52 Å². The van der Waals surface area contributed by atoms with Gasteiger partial charge in [-0.05, 0) is 62.8 Å². The molecule has 1 aliphatic carbocycles. The summed E-state index contributed by atoms with van der Waals surface area (Å²) in [6.07, 6.45) is 11.0. The van der Waals surface area contributed by atoms with Gasteiger partial charge in [0.1, 0.15) is 11.4 Å². The lowest BCUT2D eigenvalue weighted by Gasteiger charge is -2.13. The number of amides is 1. The Hall–Kier alpha value is -2.71. The molecule has 1 aromatic carbocycles. The number of nitrogens with zero attached hydrogens (tertiary/aromatic N) is 1. The van der Waals surface area contributed by atoms with Gasteiger partial charge in [0.25, 0.3) is 0 Å². The summed E-state index contributed by atoms with van der Waals surface area (Å²) >= 11 is 0. The van der Waals surface area contributed by atoms with Crippen LogP contribution in [0.1, 0.15) is 56.0 Å². The van der Waals surface area contributed by atoms with E-state index < -0.39 is 10.0 Å². The first-order valence-electron chi connectivity index (χ1n) is 10.0. The molecule has 1 aromatic heterocycles. The van der Waals surface area contributed by atoms with Crippen LogP contribution in [-0.2, 0) is 14.8 Å². The highest BCUT2D eigenvalue weighted by atomic mass is 32.2. The summed E-state index contributed by atoms with van der Waals surface area (Å²) in [5, 5.41) is 6.55. The zero-order valence-corrected chi connectivity index (χ0v) is 18.1. The highest BCUT2D eigenvalue weighted by molar-refractivity contribution is 7.89. The summed E-state index contributed by atoms with van der Waals surface area (Å²) in [4.78, 5) is 11.5. The van der Waals surface area contributed by atoms with Crippen LogP contribution in [0.3, 0.4) is 0 Å². The molecule has 8 heteroatoms. The molecule has 1 amide bonds. The van der Waals surface area contributed by atoms with Crippen LogP contribution in [0, 0.1) is 6.92 Å². The molecule has 0 radical (unpaired) electrons. The second-order valence-electron chi connectivity index (χ2n) is 7.35. The van der Waals surface area contributed by atoms with Crippen molar-refractivity contribution in [1.82, 2.24) is 9.88 Å². The van der Waals surface area contributed by atoms with E-state index in [9.17, 15) is 13.2 Å². The number of anilines is 1. The van der Waals surface area contributed by atoms with Gasteiger partial charge in [0.05, 0.1) is 4.90 Å². The van der Waals surface area contributed by atoms with Gasteiger partial charge in [0.2, 0.25) is 15.9 Å². The number of hydrogen-bond donors (Lipinski definition) is 2. The Morgan fingerprint density at radius 3 is 2.63 bits per heavy atom. The number of benzene rings is 1. The van der Waals surface area contributed by atoms with Crippen molar-refractivity contribution in [2.24, 2.45) is 0 Å². The maximum Gasteiger partial charge on any atom is 0.240 e. The van der Waals surface area contributed by atoms with E-state index >= 15 is 0 Å². The smallest absolute Gasteiger partial charge is 0.240 e. The third-order valence-electron chi connectivity index (χ3n) is 4.93. The second kappa shape index (κ2) is 9.86. The molecule has 0 fully saturated rings. The number of carbonyl (C=O) groups excluding carboxylic acids is 1. The van der Waals surface area contributed by atoms with Crippen molar-refractivity contribution in [3.8, 4) is 0 Å². The Morgan fingerprint density at radius 1 is 1.20 bits per heavy atom. The third-order valence-corrected chi connectivity index (χ3v) is 6.41. The van der Waals surface area contributed by atoms with Crippen molar-refractivity contribution in [2.75, 3.05) is 11.9 Å². The zero-order valence-electron chi connectivity index (χ0n) is 17.3. The quantitative estimate of drug-likeness (QED) is 0.610. The number of allylic oxidation sites excluding steroid dienone is 1. The molecule has 0 saturated heterocycles. The number of nitrogens with one attached hydrogen (secondary N) is 2. The van der Waals surface area contributed by atoms with Crippen LogP contribution >= 0.6 is 0 Å². The maximum atomic E-state index is 12.5. The first kappa shape index (κ1) is 22.0. The average molecular weight is 430 g/mol. The Morgan fingerprint density at radius 2 is 1.97 bits per heavy atom. The molecule has 0 spiro atoms. The predicted octanol–water partition coefficient (Wildman–Crippen LogP) is 4.28. The Bertz CT molecular complexity index is 1050. The number of hydrogen-bond acceptors (Lipinski definition) is 5. The minimum Gasteiger partial charge on any atom is -0.354 e. The number of sulfonamides is 1. The number of rotatable bonds is 8. The van der Waals surface area contributed by atoms with Crippen LogP contribution in [0.4, 0.5) is 5.69 Å². The van der Waals surface area contributed by atoms with Crippen LogP contribution in [0.5, 0.6) is 0 Å². The van der Waals surface area contributed by atoms with E-state index in [1.807, 2.05) is 0 Å². The third kappa shape index (κ3) is 5.90. The first-order valence-corrected chi connectivity index (χ1v) is 11.5. The van der Waals surface area contributed by atoms with Crippen LogP contribution in [0.2, 0.25) is 0 Å². The Balaban J connectivity index is 1.62. The van der Waals surface area contributed by atoms with Gasteiger partial charge in [-0.15, -0.1) is 0 Å². The van der Waals surface area contributed by atoms with Crippen molar-refractivity contribution in [3.63, 3.8) is 0 Å². The molecule has 7 nitrogen and oxygen atoms in total. The van der Waals surface area contributed by atoms with Crippen molar-refractivity contribution in [1.29, 1.82) is 0 Å². The van der Waals surface area contributed by atoms with E-state index in [0.29, 0.717) is 23.7 Å². The van der Waals surface area contributed by atoms with Crippen molar-refractivity contribution < 1.29 is 17.7 Å². The fourth-order valence-corrected chi connectivity index (χ4v) is 4.35. The molecular formula is C22H27N3O4S. The molecule has 160 valence electrons. The summed E-state index contributed by atoms with van der Waals surface area (Å²) in [6.45, 7) is 3.56. The zero-order chi connectivity index (χ0) is 21.6. The van der Waals surface area contributed by atoms with Crippen LogP contribution in [0.25, 0.3) is 12.2 Å². The van der Waals surface area contributed by atoms with Gasteiger partial charge in [-0.2, -0.15) is 0 Å². The molecular weight excluding hydrogens is 402 g/mol. The molecule has 2 N–H and O–H groups in total. The maximum absolute atomic E-state index is 12.5. The van der Waals surface area contributed by atoms with Gasteiger partial charge in [-0.3, -0.25) is 4.79 Å². The minimum atomic E-state index is -3.54. The summed E-state index contributed by atoms with van der Waals surface area (Å²) in [5.74, 6) is 0.218. The lowest BCUT2D eigenvalue weighted by Crippen LogP contribution is -2.25. The minimum absolute atomic E-state index is 0.210. The molecule has 1 aliphatic rings. The predicted molar refractivity (Wildman–Crippen MR) is 117 cm³/mol. The van der Waals surface area contributed by atoms with Gasteiger partial charge >= 0.3 is 0 Å². The lowest BCUT2D eigenvalue weighted by atomic mass is 9.97. The summed E-state index contributed by atoms with van der Waals surface area (Å²) < 4.78 is 32.9. The van der Waals surface area contributed by atoms with Gasteiger partial charge in [-0.25, -0.2) is 13.1 Å². The largest absolute Gasteiger partial charge is 0.354 e. The SMILES string of the molecule is CC(=O)Nc1c(C)noc1C=Cc1ccc(S(=O)(=O)NCCC2=CCCCC2)cc1. The van der Waals surface area contributed by atoms with Crippen LogP contribution < -0.4 is 10.0 Å². The Kier molecular flexibility index (Phi) is 7.23. The monoisotopic (exact) mass is 429 g/mol. The van der Waals surface area contributed by atoms with Gasteiger partial charge in [-0.1, -0.05) is 35.0 Å². The van der Waals surface area contributed by atoms with Crippen molar-refractivity contribution >= 4 is 33.8 Å². The normalized spacial score (nSPS) is 14.7. The van der Waals surface area contributed by atoms with E-state index in [1.165, 1.54) is 25.3 Å². The lowest BCUT2D eigenvalue weighted by molar-refractivity contribution is -0.114. The summed E-state index contributed by atoms with van der Waals surface area (Å²) in [5.41, 5.74) is 3.24. The van der Waals surface area contributed by atoms with Gasteiger partial charge in [0, 0.05) is 13.5 Å². The molecule has 2 aromatic rings. The van der Waals surface area contributed by atoms with Crippen LogP contribution in [-0.4, -0.2) is 26.0 Å². The van der Waals surface area contributed by atoms with Crippen molar-refractivity contribution in [3.05, 3.63) is 52.9 Å². The Labute approximate surface area is 177 Å². The first-order chi connectivity index (χ1) is 14.3. The molecule has 0 aliphatic heterocycles. The fourth-order valence-electron chi connectivity index (χ4n) is 3.32. The summed E-state index contributed by atoms with van der Waals surface area (Å²) in [6, 6.07) is 6.58.